The minimum absolute atomic E-state index is 0.315. The van der Waals surface area contributed by atoms with Crippen LogP contribution in [-0.2, 0) is 10.1 Å². The Morgan fingerprint density at radius 1 is 1.35 bits per heavy atom. The largest absolute Gasteiger partial charge is 0.449 e. The Labute approximate surface area is 111 Å². The topological polar surface area (TPSA) is 29.5 Å². The van der Waals surface area contributed by atoms with Crippen molar-refractivity contribution in [1.82, 2.24) is 0 Å². The van der Waals surface area contributed by atoms with Gasteiger partial charge in [-0.05, 0) is 23.6 Å². The molecular formula is C13H18BrNO2. The van der Waals surface area contributed by atoms with Gasteiger partial charge in [0.15, 0.2) is 0 Å². The molecule has 0 aliphatic rings. The molecule has 0 heterocycles. The van der Waals surface area contributed by atoms with E-state index in [9.17, 15) is 4.79 Å². The van der Waals surface area contributed by atoms with Crippen molar-refractivity contribution in [3.8, 4) is 0 Å². The normalized spacial score (nSPS) is 10.4. The fourth-order valence-electron chi connectivity index (χ4n) is 1.25. The minimum atomic E-state index is -0.315. The molecule has 0 aliphatic heterocycles. The molecule has 1 rings (SSSR count). The number of hydrogen-bond acceptors (Lipinski definition) is 2. The van der Waals surface area contributed by atoms with Gasteiger partial charge in [0.25, 0.3) is 0 Å². The number of anilines is 1. The van der Waals surface area contributed by atoms with Crippen LogP contribution in [-0.4, -0.2) is 19.7 Å². The van der Waals surface area contributed by atoms with Gasteiger partial charge in [-0.1, -0.05) is 41.9 Å². The van der Waals surface area contributed by atoms with Crippen molar-refractivity contribution in [3.05, 3.63) is 29.8 Å². The van der Waals surface area contributed by atoms with Crippen LogP contribution in [0.2, 0.25) is 0 Å². The van der Waals surface area contributed by atoms with Crippen molar-refractivity contribution in [3.63, 3.8) is 0 Å². The maximum atomic E-state index is 11.7. The molecule has 1 aromatic carbocycles. The molecule has 0 aliphatic carbocycles. The molecule has 17 heavy (non-hydrogen) atoms. The lowest BCUT2D eigenvalue weighted by Gasteiger charge is -2.18. The molecule has 1 aromatic rings. The quantitative estimate of drug-likeness (QED) is 0.791. The number of amides is 1. The fourth-order valence-corrected chi connectivity index (χ4v) is 1.62. The fraction of sp³-hybridized carbons (Fsp3) is 0.462. The van der Waals surface area contributed by atoms with E-state index in [1.54, 1.807) is 7.05 Å². The summed E-state index contributed by atoms with van der Waals surface area (Å²) in [6.07, 6.45) is -0.315. The monoisotopic (exact) mass is 299 g/mol. The van der Waals surface area contributed by atoms with Crippen LogP contribution in [0.1, 0.15) is 19.4 Å². The molecule has 0 spiro atoms. The summed E-state index contributed by atoms with van der Waals surface area (Å²) in [5.41, 5.74) is 2.01. The molecule has 0 N–H and O–H groups in total. The highest BCUT2D eigenvalue weighted by Crippen LogP contribution is 2.16. The van der Waals surface area contributed by atoms with Crippen LogP contribution in [0.4, 0.5) is 10.5 Å². The van der Waals surface area contributed by atoms with E-state index >= 15 is 0 Å². The van der Waals surface area contributed by atoms with E-state index in [1.807, 2.05) is 38.1 Å². The lowest BCUT2D eigenvalue weighted by atomic mass is 10.2. The van der Waals surface area contributed by atoms with E-state index in [1.165, 1.54) is 10.5 Å². The van der Waals surface area contributed by atoms with E-state index in [4.69, 9.17) is 4.74 Å². The van der Waals surface area contributed by atoms with Crippen LogP contribution in [0.5, 0.6) is 0 Å². The van der Waals surface area contributed by atoms with Crippen molar-refractivity contribution in [1.29, 1.82) is 0 Å². The number of carbonyl (C=O) groups excluding carboxylic acids is 1. The molecule has 0 aromatic heterocycles. The Morgan fingerprint density at radius 3 is 2.41 bits per heavy atom. The number of rotatable bonds is 4. The molecule has 0 atom stereocenters. The number of hydrogen-bond donors (Lipinski definition) is 0. The van der Waals surface area contributed by atoms with Crippen LogP contribution in [0.25, 0.3) is 0 Å². The minimum Gasteiger partial charge on any atom is -0.449 e. The zero-order valence-electron chi connectivity index (χ0n) is 10.4. The average molecular weight is 300 g/mol. The molecule has 0 saturated carbocycles. The van der Waals surface area contributed by atoms with Crippen LogP contribution < -0.4 is 4.90 Å². The van der Waals surface area contributed by atoms with Crippen molar-refractivity contribution in [2.24, 2.45) is 5.92 Å². The average Bonchev–Trinajstić information content (AvgIpc) is 2.35. The van der Waals surface area contributed by atoms with E-state index in [-0.39, 0.29) is 6.09 Å². The van der Waals surface area contributed by atoms with E-state index < -0.39 is 0 Å². The van der Waals surface area contributed by atoms with E-state index in [0.29, 0.717) is 12.5 Å². The molecule has 3 nitrogen and oxygen atoms in total. The van der Waals surface area contributed by atoms with Gasteiger partial charge in [0.2, 0.25) is 0 Å². The van der Waals surface area contributed by atoms with Crippen LogP contribution in [0.15, 0.2) is 24.3 Å². The molecule has 0 bridgehead atoms. The Morgan fingerprint density at radius 2 is 1.94 bits per heavy atom. The summed E-state index contributed by atoms with van der Waals surface area (Å²) in [5.74, 6) is 0.350. The lowest BCUT2D eigenvalue weighted by molar-refractivity contribution is 0.141. The van der Waals surface area contributed by atoms with E-state index in [2.05, 4.69) is 15.9 Å². The number of nitrogens with zero attached hydrogens (tertiary/aromatic N) is 1. The zero-order valence-corrected chi connectivity index (χ0v) is 12.0. The SMILES string of the molecule is CC(C)COC(=O)N(C)c1ccc(CBr)cc1. The van der Waals surface area contributed by atoms with Crippen molar-refractivity contribution >= 4 is 27.7 Å². The van der Waals surface area contributed by atoms with Gasteiger partial charge in [-0.15, -0.1) is 0 Å². The van der Waals surface area contributed by atoms with Gasteiger partial charge in [0, 0.05) is 18.1 Å². The standard InChI is InChI=1S/C13H18BrNO2/c1-10(2)9-17-13(16)15(3)12-6-4-11(8-14)5-7-12/h4-7,10H,8-9H2,1-3H3. The second kappa shape index (κ2) is 6.64. The van der Waals surface area contributed by atoms with Gasteiger partial charge in [-0.2, -0.15) is 0 Å². The number of carbonyl (C=O) groups is 1. The van der Waals surface area contributed by atoms with Gasteiger partial charge in [-0.25, -0.2) is 4.79 Å². The molecule has 0 radical (unpaired) electrons. The van der Waals surface area contributed by atoms with Gasteiger partial charge >= 0.3 is 6.09 Å². The highest BCUT2D eigenvalue weighted by molar-refractivity contribution is 9.08. The second-order valence-electron chi connectivity index (χ2n) is 4.33. The highest BCUT2D eigenvalue weighted by atomic mass is 79.9. The number of halogens is 1. The summed E-state index contributed by atoms with van der Waals surface area (Å²) in [6.45, 7) is 4.47. The summed E-state index contributed by atoms with van der Waals surface area (Å²) >= 11 is 3.38. The maximum absolute atomic E-state index is 11.7. The van der Waals surface area contributed by atoms with Crippen molar-refractivity contribution in [2.45, 2.75) is 19.2 Å². The summed E-state index contributed by atoms with van der Waals surface area (Å²) < 4.78 is 5.15. The Bertz CT molecular complexity index is 362. The first-order chi connectivity index (χ1) is 8.04. The first-order valence-corrected chi connectivity index (χ1v) is 6.72. The summed E-state index contributed by atoms with van der Waals surface area (Å²) in [6, 6.07) is 7.78. The molecular weight excluding hydrogens is 282 g/mol. The van der Waals surface area contributed by atoms with Crippen LogP contribution in [0, 0.1) is 5.92 Å². The Balaban J connectivity index is 2.61. The van der Waals surface area contributed by atoms with Gasteiger partial charge in [0.05, 0.1) is 6.61 Å². The number of ether oxygens (including phenoxy) is 1. The lowest BCUT2D eigenvalue weighted by Crippen LogP contribution is -2.28. The third kappa shape index (κ3) is 4.38. The third-order valence-electron chi connectivity index (χ3n) is 2.29. The number of benzene rings is 1. The Kier molecular flexibility index (Phi) is 5.48. The van der Waals surface area contributed by atoms with Crippen molar-refractivity contribution < 1.29 is 9.53 Å². The molecule has 0 saturated heterocycles. The zero-order chi connectivity index (χ0) is 12.8. The highest BCUT2D eigenvalue weighted by Gasteiger charge is 2.12. The summed E-state index contributed by atoms with van der Waals surface area (Å²) in [5, 5.41) is 0.814. The maximum Gasteiger partial charge on any atom is 0.414 e. The predicted octanol–water partition coefficient (Wildman–Crippen LogP) is 3.81. The summed E-state index contributed by atoms with van der Waals surface area (Å²) in [7, 11) is 1.71. The van der Waals surface area contributed by atoms with Gasteiger partial charge < -0.3 is 4.74 Å². The first-order valence-electron chi connectivity index (χ1n) is 5.60. The molecule has 0 fully saturated rings. The predicted molar refractivity (Wildman–Crippen MR) is 73.7 cm³/mol. The Hall–Kier alpha value is -1.03. The smallest absolute Gasteiger partial charge is 0.414 e. The third-order valence-corrected chi connectivity index (χ3v) is 2.94. The second-order valence-corrected chi connectivity index (χ2v) is 4.89. The summed E-state index contributed by atoms with van der Waals surface area (Å²) in [4.78, 5) is 13.2. The molecule has 1 amide bonds. The van der Waals surface area contributed by atoms with Crippen LogP contribution >= 0.6 is 15.9 Å². The van der Waals surface area contributed by atoms with Crippen molar-refractivity contribution in [2.75, 3.05) is 18.6 Å². The van der Waals surface area contributed by atoms with Gasteiger partial charge in [0.1, 0.15) is 0 Å². The molecule has 4 heteroatoms. The van der Waals surface area contributed by atoms with E-state index in [0.717, 1.165) is 11.0 Å². The molecule has 0 unspecified atom stereocenters. The molecule has 94 valence electrons. The first kappa shape index (κ1) is 14.0. The van der Waals surface area contributed by atoms with Gasteiger partial charge in [-0.3, -0.25) is 4.90 Å². The number of alkyl halides is 1. The van der Waals surface area contributed by atoms with Crippen LogP contribution in [0.3, 0.4) is 0 Å².